The highest BCUT2D eigenvalue weighted by Gasteiger charge is 2.73. The number of ether oxygens (including phenoxy) is 1. The van der Waals surface area contributed by atoms with Gasteiger partial charge in [-0.2, -0.15) is 4.39 Å². The SMILES string of the molecule is CCC(=O)O[C@@]1(C(=O)SCF)[C@H](C)CC2C3CCC4=CC(=O)C(F)=C(F)[C@]4(C)[C@H]3[C@@H](O)C[C@@]21C. The van der Waals surface area contributed by atoms with Crippen molar-refractivity contribution in [1.29, 1.82) is 0 Å². The van der Waals surface area contributed by atoms with Crippen LogP contribution >= 0.6 is 11.8 Å². The standard InChI is InChI=1S/C25H31F3O5S/c1-5-18(31)33-25(22(32)34-11-26)12(2)8-15-14-7-6-13-9-16(29)20(27)21(28)24(13,4)19(14)17(30)10-23(15,25)3/h9,12,14-15,17,19,30H,5-8,10-11H2,1-4H3/t12-,14?,15?,17+,19-,23+,24+,25-/m1/s1. The number of hydrogen-bond acceptors (Lipinski definition) is 6. The number of thioether (sulfide) groups is 1. The van der Waals surface area contributed by atoms with Gasteiger partial charge in [0.05, 0.1) is 6.10 Å². The highest BCUT2D eigenvalue weighted by molar-refractivity contribution is 8.13. The molecule has 0 spiro atoms. The molecule has 0 aliphatic heterocycles. The molecule has 4 aliphatic rings. The van der Waals surface area contributed by atoms with E-state index in [1.54, 1.807) is 20.8 Å². The first-order valence-electron chi connectivity index (χ1n) is 11.8. The quantitative estimate of drug-likeness (QED) is 0.548. The molecule has 0 heterocycles. The van der Waals surface area contributed by atoms with Crippen molar-refractivity contribution in [3.8, 4) is 0 Å². The molecular weight excluding hydrogens is 469 g/mol. The summed E-state index contributed by atoms with van der Waals surface area (Å²) in [6, 6.07) is -0.970. The summed E-state index contributed by atoms with van der Waals surface area (Å²) in [4.78, 5) is 37.8. The van der Waals surface area contributed by atoms with E-state index in [-0.39, 0.29) is 24.7 Å². The Kier molecular flexibility index (Phi) is 6.37. The third kappa shape index (κ3) is 3.14. The number of carbonyl (C=O) groups excluding carboxylic acids is 3. The van der Waals surface area contributed by atoms with E-state index >= 15 is 4.39 Å². The van der Waals surface area contributed by atoms with Gasteiger partial charge in [-0.15, -0.1) is 0 Å². The number of fused-ring (bicyclic) bond motifs is 5. The van der Waals surface area contributed by atoms with Crippen LogP contribution in [0.1, 0.15) is 59.8 Å². The van der Waals surface area contributed by atoms with Crippen molar-refractivity contribution in [3.05, 3.63) is 23.3 Å². The van der Waals surface area contributed by atoms with Crippen molar-refractivity contribution >= 4 is 28.6 Å². The summed E-state index contributed by atoms with van der Waals surface area (Å²) >= 11 is 0.459. The number of alkyl halides is 1. The molecule has 0 amide bonds. The minimum absolute atomic E-state index is 0.00443. The third-order valence-corrected chi connectivity index (χ3v) is 9.97. The molecule has 3 fully saturated rings. The minimum Gasteiger partial charge on any atom is -0.449 e. The summed E-state index contributed by atoms with van der Waals surface area (Å²) in [6.45, 7) is 6.73. The predicted molar refractivity (Wildman–Crippen MR) is 120 cm³/mol. The molecule has 34 heavy (non-hydrogen) atoms. The van der Waals surface area contributed by atoms with E-state index < -0.39 is 68.9 Å². The molecule has 5 nitrogen and oxygen atoms in total. The smallest absolute Gasteiger partial charge is 0.306 e. The lowest BCUT2D eigenvalue weighted by Crippen LogP contribution is -2.63. The molecule has 2 unspecified atom stereocenters. The molecule has 1 N–H and O–H groups in total. The van der Waals surface area contributed by atoms with Crippen LogP contribution in [0.3, 0.4) is 0 Å². The fraction of sp³-hybridized carbons (Fsp3) is 0.720. The molecule has 0 bridgehead atoms. The van der Waals surface area contributed by atoms with Crippen LogP contribution in [0, 0.1) is 34.5 Å². The highest BCUT2D eigenvalue weighted by Crippen LogP contribution is 2.70. The second-order valence-electron chi connectivity index (χ2n) is 10.6. The minimum atomic E-state index is -1.63. The van der Waals surface area contributed by atoms with Crippen LogP contribution in [0.4, 0.5) is 13.2 Å². The van der Waals surface area contributed by atoms with E-state index in [0.717, 1.165) is 6.08 Å². The molecule has 0 aromatic heterocycles. The number of ketones is 1. The largest absolute Gasteiger partial charge is 0.449 e. The molecule has 0 aromatic carbocycles. The number of carbonyl (C=O) groups is 3. The van der Waals surface area contributed by atoms with Gasteiger partial charge in [0.25, 0.3) is 0 Å². The van der Waals surface area contributed by atoms with Crippen molar-refractivity contribution in [3.63, 3.8) is 0 Å². The number of halogens is 3. The zero-order chi connectivity index (χ0) is 25.2. The second-order valence-corrected chi connectivity index (χ2v) is 11.5. The molecule has 4 aliphatic carbocycles. The number of hydrogen-bond donors (Lipinski definition) is 1. The van der Waals surface area contributed by atoms with Crippen molar-refractivity contribution in [2.24, 2.45) is 34.5 Å². The zero-order valence-electron chi connectivity index (χ0n) is 19.8. The van der Waals surface area contributed by atoms with Gasteiger partial charge in [-0.3, -0.25) is 14.4 Å². The first-order valence-corrected chi connectivity index (χ1v) is 12.8. The molecule has 3 saturated carbocycles. The summed E-state index contributed by atoms with van der Waals surface area (Å²) in [5, 5.41) is 10.9. The van der Waals surface area contributed by atoms with Gasteiger partial charge in [-0.05, 0) is 62.3 Å². The van der Waals surface area contributed by atoms with Crippen LogP contribution in [0.2, 0.25) is 0 Å². The van der Waals surface area contributed by atoms with Crippen molar-refractivity contribution < 1.29 is 37.4 Å². The van der Waals surface area contributed by atoms with Crippen LogP contribution < -0.4 is 0 Å². The van der Waals surface area contributed by atoms with E-state index in [1.165, 1.54) is 6.92 Å². The number of rotatable bonds is 4. The molecule has 8 atom stereocenters. The number of allylic oxidation sites excluding steroid dienone is 4. The zero-order valence-corrected chi connectivity index (χ0v) is 20.6. The Hall–Kier alpha value is -1.61. The van der Waals surface area contributed by atoms with E-state index in [2.05, 4.69) is 0 Å². The average Bonchev–Trinajstić information content (AvgIpc) is 3.00. The summed E-state index contributed by atoms with van der Waals surface area (Å²) < 4.78 is 49.0. The molecule has 0 saturated heterocycles. The Morgan fingerprint density at radius 1 is 1.29 bits per heavy atom. The van der Waals surface area contributed by atoms with Crippen molar-refractivity contribution in [2.75, 3.05) is 6.01 Å². The number of aliphatic hydroxyl groups excluding tert-OH is 1. The number of aliphatic hydroxyl groups is 1. The maximum absolute atomic E-state index is 15.4. The Bertz CT molecular complexity index is 995. The van der Waals surface area contributed by atoms with Crippen LogP contribution in [-0.2, 0) is 19.1 Å². The van der Waals surface area contributed by atoms with Gasteiger partial charge < -0.3 is 9.84 Å². The average molecular weight is 501 g/mol. The van der Waals surface area contributed by atoms with Crippen LogP contribution in [0.15, 0.2) is 23.3 Å². The van der Waals surface area contributed by atoms with E-state index in [4.69, 9.17) is 4.74 Å². The fourth-order valence-electron chi connectivity index (χ4n) is 7.85. The van der Waals surface area contributed by atoms with Crippen molar-refractivity contribution in [2.45, 2.75) is 71.5 Å². The lowest BCUT2D eigenvalue weighted by molar-refractivity contribution is -0.200. The maximum atomic E-state index is 15.4. The maximum Gasteiger partial charge on any atom is 0.306 e. The highest BCUT2D eigenvalue weighted by atomic mass is 32.2. The second kappa shape index (κ2) is 8.50. The fourth-order valence-corrected chi connectivity index (χ4v) is 8.64. The van der Waals surface area contributed by atoms with E-state index in [1.807, 2.05) is 0 Å². The molecule has 0 radical (unpaired) electrons. The molecular formula is C25H31F3O5S. The summed E-state index contributed by atoms with van der Waals surface area (Å²) in [5.74, 6) is -5.87. The lowest BCUT2D eigenvalue weighted by atomic mass is 9.46. The molecule has 0 aromatic rings. The monoisotopic (exact) mass is 500 g/mol. The van der Waals surface area contributed by atoms with Crippen LogP contribution in [0.5, 0.6) is 0 Å². The van der Waals surface area contributed by atoms with E-state index in [0.29, 0.717) is 36.6 Å². The topological polar surface area (TPSA) is 80.7 Å². The summed E-state index contributed by atoms with van der Waals surface area (Å²) in [5.41, 5.74) is -3.64. The van der Waals surface area contributed by atoms with Gasteiger partial charge in [0.1, 0.15) is 11.8 Å². The normalized spacial score (nSPS) is 43.6. The van der Waals surface area contributed by atoms with Crippen LogP contribution in [0.25, 0.3) is 0 Å². The first kappa shape index (κ1) is 25.5. The summed E-state index contributed by atoms with van der Waals surface area (Å²) in [6.07, 6.45) is 1.37. The van der Waals surface area contributed by atoms with Gasteiger partial charge >= 0.3 is 5.97 Å². The third-order valence-electron chi connectivity index (χ3n) is 9.30. The molecule has 188 valence electrons. The van der Waals surface area contributed by atoms with Gasteiger partial charge in [0, 0.05) is 29.1 Å². The van der Waals surface area contributed by atoms with Gasteiger partial charge in [-0.25, -0.2) is 8.78 Å². The molecule has 9 heteroatoms. The Labute approximate surface area is 201 Å². The Morgan fingerprint density at radius 2 is 1.97 bits per heavy atom. The first-order chi connectivity index (χ1) is 15.9. The summed E-state index contributed by atoms with van der Waals surface area (Å²) in [7, 11) is 0. The number of esters is 1. The van der Waals surface area contributed by atoms with Gasteiger partial charge in [0.15, 0.2) is 5.60 Å². The Morgan fingerprint density at radius 3 is 2.59 bits per heavy atom. The lowest BCUT2D eigenvalue weighted by Gasteiger charge is -2.60. The Balaban J connectivity index is 1.83. The predicted octanol–water partition coefficient (Wildman–Crippen LogP) is 4.98. The van der Waals surface area contributed by atoms with Crippen molar-refractivity contribution in [1.82, 2.24) is 0 Å². The molecule has 4 rings (SSSR count). The van der Waals surface area contributed by atoms with Gasteiger partial charge in [0.2, 0.25) is 16.7 Å². The van der Waals surface area contributed by atoms with Crippen LogP contribution in [-0.4, -0.2) is 39.7 Å². The van der Waals surface area contributed by atoms with Gasteiger partial charge in [-0.1, -0.05) is 26.3 Å². The van der Waals surface area contributed by atoms with E-state index in [9.17, 15) is 28.3 Å².